The molecule has 2 heterocycles. The maximum absolute atomic E-state index is 13.0. The van der Waals surface area contributed by atoms with Gasteiger partial charge in [-0.25, -0.2) is 13.4 Å². The van der Waals surface area contributed by atoms with Gasteiger partial charge in [-0.3, -0.25) is 0 Å². The summed E-state index contributed by atoms with van der Waals surface area (Å²) in [7, 11) is -3.82. The highest BCUT2D eigenvalue weighted by atomic mass is 35.5. The van der Waals surface area contributed by atoms with Crippen LogP contribution in [-0.2, 0) is 23.1 Å². The van der Waals surface area contributed by atoms with Crippen molar-refractivity contribution in [3.63, 3.8) is 0 Å². The van der Waals surface area contributed by atoms with Gasteiger partial charge < -0.3 is 4.42 Å². The zero-order chi connectivity index (χ0) is 18.6. The second-order valence-electron chi connectivity index (χ2n) is 5.48. The standard InChI is InChI=1S/C18H14ClN3O3S/c19-18-8-7-17(11-21-18)26(23,24)22(13-16-2-1-9-25-16)12-15-5-3-14(10-20)4-6-15/h1-9,11H,12-13H2. The third-order valence-corrected chi connectivity index (χ3v) is 5.69. The van der Waals surface area contributed by atoms with Gasteiger partial charge in [0.05, 0.1) is 24.4 Å². The number of aromatic nitrogens is 1. The van der Waals surface area contributed by atoms with E-state index in [4.69, 9.17) is 21.3 Å². The second-order valence-corrected chi connectivity index (χ2v) is 7.80. The average molecular weight is 388 g/mol. The topological polar surface area (TPSA) is 87.2 Å². The largest absolute Gasteiger partial charge is 0.468 e. The third-order valence-electron chi connectivity index (χ3n) is 3.69. The third kappa shape index (κ3) is 4.11. The molecule has 0 aliphatic carbocycles. The lowest BCUT2D eigenvalue weighted by Crippen LogP contribution is -2.30. The molecule has 0 bridgehead atoms. The van der Waals surface area contributed by atoms with Crippen LogP contribution in [0.5, 0.6) is 0 Å². The Bertz CT molecular complexity index is 1010. The summed E-state index contributed by atoms with van der Waals surface area (Å²) in [6, 6.07) is 15.0. The number of halogens is 1. The summed E-state index contributed by atoms with van der Waals surface area (Å²) < 4.78 is 32.7. The number of hydrogen-bond donors (Lipinski definition) is 0. The Balaban J connectivity index is 1.94. The van der Waals surface area contributed by atoms with E-state index in [1.165, 1.54) is 28.9 Å². The Morgan fingerprint density at radius 3 is 2.46 bits per heavy atom. The first-order valence-electron chi connectivity index (χ1n) is 7.62. The van der Waals surface area contributed by atoms with Crippen molar-refractivity contribution in [1.29, 1.82) is 5.26 Å². The minimum Gasteiger partial charge on any atom is -0.468 e. The summed E-state index contributed by atoms with van der Waals surface area (Å²) >= 11 is 5.75. The van der Waals surface area contributed by atoms with Crippen LogP contribution in [0.2, 0.25) is 5.15 Å². The fourth-order valence-corrected chi connectivity index (χ4v) is 3.81. The van der Waals surface area contributed by atoms with Gasteiger partial charge in [0, 0.05) is 12.7 Å². The molecule has 0 unspecified atom stereocenters. The fourth-order valence-electron chi connectivity index (χ4n) is 2.35. The minimum atomic E-state index is -3.82. The number of nitrogens with zero attached hydrogens (tertiary/aromatic N) is 3. The van der Waals surface area contributed by atoms with Crippen molar-refractivity contribution in [3.05, 3.63) is 83.0 Å². The van der Waals surface area contributed by atoms with Crippen molar-refractivity contribution in [2.24, 2.45) is 0 Å². The molecule has 0 N–H and O–H groups in total. The summed E-state index contributed by atoms with van der Waals surface area (Å²) in [6.45, 7) is 0.190. The van der Waals surface area contributed by atoms with E-state index in [0.29, 0.717) is 11.3 Å². The van der Waals surface area contributed by atoms with Crippen LogP contribution in [0.3, 0.4) is 0 Å². The Labute approximate surface area is 156 Å². The van der Waals surface area contributed by atoms with Gasteiger partial charge in [0.2, 0.25) is 10.0 Å². The van der Waals surface area contributed by atoms with Gasteiger partial charge in [-0.05, 0) is 42.0 Å². The van der Waals surface area contributed by atoms with Gasteiger partial charge in [-0.2, -0.15) is 9.57 Å². The molecule has 3 rings (SSSR count). The van der Waals surface area contributed by atoms with Gasteiger partial charge in [-0.15, -0.1) is 0 Å². The SMILES string of the molecule is N#Cc1ccc(CN(Cc2ccco2)S(=O)(=O)c2ccc(Cl)nc2)cc1. The lowest BCUT2D eigenvalue weighted by molar-refractivity contribution is 0.358. The molecule has 3 aromatic rings. The van der Waals surface area contributed by atoms with Gasteiger partial charge in [0.25, 0.3) is 0 Å². The number of furan rings is 1. The van der Waals surface area contributed by atoms with Crippen molar-refractivity contribution in [2.45, 2.75) is 18.0 Å². The Hall–Kier alpha value is -2.66. The lowest BCUT2D eigenvalue weighted by Gasteiger charge is -2.21. The zero-order valence-corrected chi connectivity index (χ0v) is 15.1. The van der Waals surface area contributed by atoms with Crippen LogP contribution in [0.4, 0.5) is 0 Å². The summed E-state index contributed by atoms with van der Waals surface area (Å²) in [5, 5.41) is 9.11. The fraction of sp³-hybridized carbons (Fsp3) is 0.111. The highest BCUT2D eigenvalue weighted by molar-refractivity contribution is 7.89. The van der Waals surface area contributed by atoms with Crippen molar-refractivity contribution in [2.75, 3.05) is 0 Å². The predicted molar refractivity (Wildman–Crippen MR) is 95.5 cm³/mol. The number of sulfonamides is 1. The predicted octanol–water partition coefficient (Wildman–Crippen LogP) is 3.59. The number of pyridine rings is 1. The molecule has 0 saturated heterocycles. The molecule has 26 heavy (non-hydrogen) atoms. The van der Waals surface area contributed by atoms with Crippen LogP contribution < -0.4 is 0 Å². The summed E-state index contributed by atoms with van der Waals surface area (Å²) in [6.07, 6.45) is 2.72. The first kappa shape index (κ1) is 18.1. The van der Waals surface area contributed by atoms with Crippen molar-refractivity contribution in [3.8, 4) is 6.07 Å². The average Bonchev–Trinajstić information content (AvgIpc) is 3.15. The van der Waals surface area contributed by atoms with Gasteiger partial charge in [0.1, 0.15) is 15.8 Å². The van der Waals surface area contributed by atoms with Crippen LogP contribution in [0.1, 0.15) is 16.9 Å². The van der Waals surface area contributed by atoms with E-state index in [1.54, 1.807) is 36.4 Å². The molecular formula is C18H14ClN3O3S. The Kier molecular flexibility index (Phi) is 5.38. The van der Waals surface area contributed by atoms with Gasteiger partial charge in [-0.1, -0.05) is 23.7 Å². The summed E-state index contributed by atoms with van der Waals surface area (Å²) in [5.41, 5.74) is 1.26. The van der Waals surface area contributed by atoms with Gasteiger partial charge in [0.15, 0.2) is 0 Å². The van der Waals surface area contributed by atoms with Crippen molar-refractivity contribution >= 4 is 21.6 Å². The highest BCUT2D eigenvalue weighted by Crippen LogP contribution is 2.22. The maximum atomic E-state index is 13.0. The van der Waals surface area contributed by atoms with Crippen LogP contribution in [0, 0.1) is 11.3 Å². The lowest BCUT2D eigenvalue weighted by atomic mass is 10.1. The van der Waals surface area contributed by atoms with Crippen LogP contribution >= 0.6 is 11.6 Å². The van der Waals surface area contributed by atoms with E-state index in [0.717, 1.165) is 5.56 Å². The summed E-state index contributed by atoms with van der Waals surface area (Å²) in [4.78, 5) is 3.90. The van der Waals surface area contributed by atoms with E-state index in [1.807, 2.05) is 6.07 Å². The Morgan fingerprint density at radius 1 is 1.12 bits per heavy atom. The second kappa shape index (κ2) is 7.70. The first-order chi connectivity index (χ1) is 12.5. The molecule has 0 aliphatic heterocycles. The highest BCUT2D eigenvalue weighted by Gasteiger charge is 2.26. The van der Waals surface area contributed by atoms with E-state index in [9.17, 15) is 8.42 Å². The summed E-state index contributed by atoms with van der Waals surface area (Å²) in [5.74, 6) is 0.518. The van der Waals surface area contributed by atoms with E-state index in [2.05, 4.69) is 4.98 Å². The number of hydrogen-bond acceptors (Lipinski definition) is 5. The van der Waals surface area contributed by atoms with Crippen molar-refractivity contribution < 1.29 is 12.8 Å². The quantitative estimate of drug-likeness (QED) is 0.603. The van der Waals surface area contributed by atoms with E-state index >= 15 is 0 Å². The number of rotatable bonds is 6. The van der Waals surface area contributed by atoms with Gasteiger partial charge >= 0.3 is 0 Å². The zero-order valence-electron chi connectivity index (χ0n) is 13.5. The molecule has 0 fully saturated rings. The van der Waals surface area contributed by atoms with E-state index < -0.39 is 10.0 Å². The maximum Gasteiger partial charge on any atom is 0.245 e. The van der Waals surface area contributed by atoms with Crippen molar-refractivity contribution in [1.82, 2.24) is 9.29 Å². The Morgan fingerprint density at radius 2 is 1.88 bits per heavy atom. The molecule has 6 nitrogen and oxygen atoms in total. The molecule has 1 aromatic carbocycles. The smallest absolute Gasteiger partial charge is 0.245 e. The van der Waals surface area contributed by atoms with E-state index in [-0.39, 0.29) is 23.1 Å². The molecule has 2 aromatic heterocycles. The molecule has 0 radical (unpaired) electrons. The number of nitriles is 1. The molecule has 0 amide bonds. The molecule has 132 valence electrons. The first-order valence-corrected chi connectivity index (χ1v) is 9.44. The van der Waals surface area contributed by atoms with Crippen LogP contribution in [0.15, 0.2) is 70.3 Å². The molecule has 0 spiro atoms. The minimum absolute atomic E-state index is 0.0436. The molecule has 0 aliphatic rings. The molecule has 0 saturated carbocycles. The molecule has 8 heteroatoms. The monoisotopic (exact) mass is 387 g/mol. The normalized spacial score (nSPS) is 11.4. The molecular weight excluding hydrogens is 374 g/mol. The van der Waals surface area contributed by atoms with Crippen LogP contribution in [-0.4, -0.2) is 17.7 Å². The number of benzene rings is 1. The van der Waals surface area contributed by atoms with Crippen LogP contribution in [0.25, 0.3) is 0 Å². The molecule has 0 atom stereocenters.